The molecule has 0 amide bonds. The predicted molar refractivity (Wildman–Crippen MR) is 107 cm³/mol. The molecule has 148 valence electrons. The first-order valence-electron chi connectivity index (χ1n) is 9.13. The van der Waals surface area contributed by atoms with Crippen molar-refractivity contribution in [2.75, 3.05) is 5.32 Å². The summed E-state index contributed by atoms with van der Waals surface area (Å²) in [5.74, 6) is -2.25. The second-order valence-electron chi connectivity index (χ2n) is 7.40. The molecule has 7 heteroatoms. The third-order valence-electron chi connectivity index (χ3n) is 4.52. The zero-order valence-electron chi connectivity index (χ0n) is 16.5. The predicted octanol–water partition coefficient (Wildman–Crippen LogP) is 4.24. The molecule has 2 aromatic carbocycles. The molecule has 0 unspecified atom stereocenters. The van der Waals surface area contributed by atoms with Crippen LogP contribution in [0.15, 0.2) is 52.6 Å². The molecular formula is C22H20N2O5. The Morgan fingerprint density at radius 3 is 2.45 bits per heavy atom. The van der Waals surface area contributed by atoms with Crippen molar-refractivity contribution in [2.45, 2.75) is 33.5 Å². The van der Waals surface area contributed by atoms with Crippen molar-refractivity contribution in [3.8, 4) is 11.5 Å². The van der Waals surface area contributed by atoms with Gasteiger partial charge in [-0.05, 0) is 49.2 Å². The van der Waals surface area contributed by atoms with Gasteiger partial charge in [0, 0.05) is 31.3 Å². The van der Waals surface area contributed by atoms with E-state index in [4.69, 9.17) is 13.9 Å². The van der Waals surface area contributed by atoms with E-state index in [0.717, 1.165) is 22.2 Å². The van der Waals surface area contributed by atoms with Gasteiger partial charge in [0.05, 0.1) is 0 Å². The van der Waals surface area contributed by atoms with E-state index < -0.39 is 17.7 Å². The molecule has 1 aliphatic rings. The van der Waals surface area contributed by atoms with Crippen molar-refractivity contribution in [2.24, 2.45) is 0 Å². The molecule has 1 fully saturated rings. The van der Waals surface area contributed by atoms with Crippen LogP contribution in [0.1, 0.15) is 25.0 Å². The van der Waals surface area contributed by atoms with E-state index in [2.05, 4.69) is 10.3 Å². The minimum absolute atomic E-state index is 0.202. The lowest BCUT2D eigenvalue weighted by molar-refractivity contribution is -0.222. The summed E-state index contributed by atoms with van der Waals surface area (Å²) in [6.07, 6.45) is 1.29. The maximum Gasteiger partial charge on any atom is 0.350 e. The Balaban J connectivity index is 1.63. The van der Waals surface area contributed by atoms with Crippen molar-refractivity contribution < 1.29 is 23.5 Å². The highest BCUT2D eigenvalue weighted by Crippen LogP contribution is 2.29. The molecule has 1 saturated heterocycles. The second kappa shape index (κ2) is 6.77. The number of ether oxygens (including phenoxy) is 2. The molecule has 0 atom stereocenters. The highest BCUT2D eigenvalue weighted by atomic mass is 16.7. The van der Waals surface area contributed by atoms with Gasteiger partial charge in [-0.1, -0.05) is 12.1 Å². The maximum atomic E-state index is 12.1. The number of carbonyl (C=O) groups is 2. The number of carbonyl (C=O) groups excluding carboxylic acids is 2. The summed E-state index contributed by atoms with van der Waals surface area (Å²) in [5.41, 5.74) is 4.76. The van der Waals surface area contributed by atoms with Crippen LogP contribution >= 0.6 is 0 Å². The lowest BCUT2D eigenvalue weighted by Crippen LogP contribution is -2.42. The Hall–Kier alpha value is -3.61. The normalized spacial score (nSPS) is 15.8. The standard InChI is InChI=1S/C22H20N2O5/c1-12-5-8-18-17(9-12)24-19(27-18)14-7-6-13(2)16(10-14)23-11-15-20(25)28-22(3,4)29-21(15)26/h5-11,23H,1-4H3. The number of oxazole rings is 1. The Morgan fingerprint density at radius 2 is 1.72 bits per heavy atom. The molecular weight excluding hydrogens is 372 g/mol. The van der Waals surface area contributed by atoms with Crippen molar-refractivity contribution in [3.63, 3.8) is 0 Å². The van der Waals surface area contributed by atoms with Gasteiger partial charge in [-0.25, -0.2) is 14.6 Å². The molecule has 0 saturated carbocycles. The van der Waals surface area contributed by atoms with Gasteiger partial charge in [0.2, 0.25) is 5.89 Å². The minimum Gasteiger partial charge on any atom is -0.436 e. The highest BCUT2D eigenvalue weighted by molar-refractivity contribution is 6.15. The fraction of sp³-hybridized carbons (Fsp3) is 0.227. The zero-order valence-corrected chi connectivity index (χ0v) is 16.5. The Labute approximate surface area is 167 Å². The Bertz CT molecular complexity index is 1150. The third-order valence-corrected chi connectivity index (χ3v) is 4.52. The third kappa shape index (κ3) is 3.71. The average molecular weight is 392 g/mol. The van der Waals surface area contributed by atoms with E-state index in [1.807, 2.05) is 50.2 Å². The quantitative estimate of drug-likeness (QED) is 0.405. The van der Waals surface area contributed by atoms with Crippen LogP contribution in [0.5, 0.6) is 0 Å². The summed E-state index contributed by atoms with van der Waals surface area (Å²) in [6, 6.07) is 11.5. The van der Waals surface area contributed by atoms with E-state index >= 15 is 0 Å². The monoisotopic (exact) mass is 392 g/mol. The van der Waals surface area contributed by atoms with Crippen LogP contribution in [0.4, 0.5) is 5.69 Å². The molecule has 29 heavy (non-hydrogen) atoms. The lowest BCUT2D eigenvalue weighted by atomic mass is 10.1. The van der Waals surface area contributed by atoms with Crippen molar-refractivity contribution >= 4 is 28.7 Å². The van der Waals surface area contributed by atoms with Gasteiger partial charge in [-0.3, -0.25) is 0 Å². The number of cyclic esters (lactones) is 2. The van der Waals surface area contributed by atoms with Crippen LogP contribution in [-0.4, -0.2) is 22.7 Å². The van der Waals surface area contributed by atoms with Crippen LogP contribution in [0.2, 0.25) is 0 Å². The van der Waals surface area contributed by atoms with Crippen molar-refractivity contribution in [1.29, 1.82) is 0 Å². The maximum absolute atomic E-state index is 12.1. The van der Waals surface area contributed by atoms with Gasteiger partial charge >= 0.3 is 11.9 Å². The summed E-state index contributed by atoms with van der Waals surface area (Å²) in [5, 5.41) is 2.99. The largest absolute Gasteiger partial charge is 0.436 e. The summed E-state index contributed by atoms with van der Waals surface area (Å²) in [7, 11) is 0. The average Bonchev–Trinajstić information content (AvgIpc) is 3.04. The fourth-order valence-corrected chi connectivity index (χ4v) is 3.00. The van der Waals surface area contributed by atoms with Gasteiger partial charge in [0.1, 0.15) is 5.52 Å². The molecule has 3 aromatic rings. The highest BCUT2D eigenvalue weighted by Gasteiger charge is 2.38. The van der Waals surface area contributed by atoms with Crippen LogP contribution in [-0.2, 0) is 19.1 Å². The van der Waals surface area contributed by atoms with Gasteiger partial charge < -0.3 is 19.2 Å². The summed E-state index contributed by atoms with van der Waals surface area (Å²) in [6.45, 7) is 6.91. The van der Waals surface area contributed by atoms with Gasteiger partial charge in [0.15, 0.2) is 11.2 Å². The number of benzene rings is 2. The fourth-order valence-electron chi connectivity index (χ4n) is 3.00. The number of aryl methyl sites for hydroxylation is 2. The summed E-state index contributed by atoms with van der Waals surface area (Å²) in [4.78, 5) is 28.7. The number of aromatic nitrogens is 1. The topological polar surface area (TPSA) is 90.7 Å². The number of esters is 2. The molecule has 0 bridgehead atoms. The SMILES string of the molecule is Cc1ccc2oc(-c3ccc(C)c(NC=C4C(=O)OC(C)(C)OC4=O)c3)nc2c1. The van der Waals surface area contributed by atoms with Crippen LogP contribution in [0.3, 0.4) is 0 Å². The summed E-state index contributed by atoms with van der Waals surface area (Å²) < 4.78 is 16.0. The molecule has 1 N–H and O–H groups in total. The number of rotatable bonds is 3. The smallest absolute Gasteiger partial charge is 0.350 e. The van der Waals surface area contributed by atoms with E-state index in [1.54, 1.807) is 0 Å². The number of hydrogen-bond acceptors (Lipinski definition) is 7. The van der Waals surface area contributed by atoms with Crippen molar-refractivity contribution in [3.05, 3.63) is 59.3 Å². The molecule has 1 aliphatic heterocycles. The number of anilines is 1. The van der Waals surface area contributed by atoms with E-state index in [9.17, 15) is 9.59 Å². The minimum atomic E-state index is -1.27. The Morgan fingerprint density at radius 1 is 1.00 bits per heavy atom. The van der Waals surface area contributed by atoms with Gasteiger partial charge in [0.25, 0.3) is 5.79 Å². The first kappa shape index (κ1) is 18.7. The molecule has 4 rings (SSSR count). The van der Waals surface area contributed by atoms with Crippen LogP contribution in [0.25, 0.3) is 22.6 Å². The zero-order chi connectivity index (χ0) is 20.8. The van der Waals surface area contributed by atoms with Gasteiger partial charge in [-0.15, -0.1) is 0 Å². The van der Waals surface area contributed by atoms with Crippen LogP contribution in [0, 0.1) is 13.8 Å². The molecule has 0 aliphatic carbocycles. The first-order chi connectivity index (χ1) is 13.7. The van der Waals surface area contributed by atoms with E-state index in [1.165, 1.54) is 20.0 Å². The molecule has 7 nitrogen and oxygen atoms in total. The van der Waals surface area contributed by atoms with Gasteiger partial charge in [-0.2, -0.15) is 0 Å². The number of hydrogen-bond donors (Lipinski definition) is 1. The molecule has 0 radical (unpaired) electrons. The first-order valence-corrected chi connectivity index (χ1v) is 9.13. The molecule has 2 heterocycles. The molecule has 1 aromatic heterocycles. The number of fused-ring (bicyclic) bond motifs is 1. The second-order valence-corrected chi connectivity index (χ2v) is 7.40. The van der Waals surface area contributed by atoms with E-state index in [0.29, 0.717) is 17.2 Å². The molecule has 0 spiro atoms. The Kier molecular flexibility index (Phi) is 4.38. The van der Waals surface area contributed by atoms with E-state index in [-0.39, 0.29) is 5.57 Å². The van der Waals surface area contributed by atoms with Crippen LogP contribution < -0.4 is 5.32 Å². The lowest BCUT2D eigenvalue weighted by Gasteiger charge is -2.29. The number of nitrogens with one attached hydrogen (secondary N) is 1. The summed E-state index contributed by atoms with van der Waals surface area (Å²) >= 11 is 0. The number of nitrogens with zero attached hydrogens (tertiary/aromatic N) is 1. The van der Waals surface area contributed by atoms with Crippen molar-refractivity contribution in [1.82, 2.24) is 4.98 Å².